The highest BCUT2D eigenvalue weighted by Gasteiger charge is 2.14. The standard InChI is InChI=1S/C16H22FNO2/c1-3-4-5-6-7-8-16(17)13(2)14-9-11-15(12-10-14)18(19)20/h9-12,16H,2-8H2,1H3. The van der Waals surface area contributed by atoms with Gasteiger partial charge < -0.3 is 0 Å². The van der Waals surface area contributed by atoms with Gasteiger partial charge in [0.05, 0.1) is 4.92 Å². The second-order valence-corrected chi connectivity index (χ2v) is 5.00. The average Bonchev–Trinajstić information content (AvgIpc) is 2.46. The van der Waals surface area contributed by atoms with E-state index in [1.165, 1.54) is 25.0 Å². The molecule has 0 aliphatic rings. The third-order valence-corrected chi connectivity index (χ3v) is 3.39. The van der Waals surface area contributed by atoms with Crippen LogP contribution in [0.4, 0.5) is 10.1 Å². The Morgan fingerprint density at radius 2 is 1.85 bits per heavy atom. The highest BCUT2D eigenvalue weighted by molar-refractivity contribution is 5.67. The predicted molar refractivity (Wildman–Crippen MR) is 80.4 cm³/mol. The maximum absolute atomic E-state index is 14.0. The van der Waals surface area contributed by atoms with Gasteiger partial charge in [-0.3, -0.25) is 10.1 Å². The molecular formula is C16H22FNO2. The first kappa shape index (κ1) is 16.3. The van der Waals surface area contributed by atoms with Crippen LogP contribution in [0.1, 0.15) is 51.0 Å². The molecule has 1 atom stereocenters. The number of non-ortho nitro benzene ring substituents is 1. The SMILES string of the molecule is C=C(c1ccc([N+](=O)[O-])cc1)C(F)CCCCCCC. The molecule has 0 radical (unpaired) electrons. The zero-order valence-corrected chi connectivity index (χ0v) is 12.0. The third kappa shape index (κ3) is 5.11. The lowest BCUT2D eigenvalue weighted by Crippen LogP contribution is -2.03. The molecule has 0 fully saturated rings. The monoisotopic (exact) mass is 279 g/mol. The van der Waals surface area contributed by atoms with E-state index in [9.17, 15) is 14.5 Å². The zero-order valence-electron chi connectivity index (χ0n) is 12.0. The minimum Gasteiger partial charge on any atom is -0.258 e. The van der Waals surface area contributed by atoms with Gasteiger partial charge in [0.25, 0.3) is 5.69 Å². The Morgan fingerprint density at radius 3 is 2.40 bits per heavy atom. The number of halogens is 1. The number of alkyl halides is 1. The number of hydrogen-bond acceptors (Lipinski definition) is 2. The van der Waals surface area contributed by atoms with Gasteiger partial charge in [0.1, 0.15) is 6.17 Å². The molecule has 0 spiro atoms. The van der Waals surface area contributed by atoms with E-state index in [1.54, 1.807) is 12.1 Å². The first-order valence-electron chi connectivity index (χ1n) is 7.14. The van der Waals surface area contributed by atoms with E-state index in [0.29, 0.717) is 17.6 Å². The zero-order chi connectivity index (χ0) is 15.0. The molecule has 0 aliphatic carbocycles. The second kappa shape index (κ2) is 8.46. The maximum Gasteiger partial charge on any atom is 0.269 e. The minimum absolute atomic E-state index is 0.0107. The molecule has 0 N–H and O–H groups in total. The quantitative estimate of drug-likeness (QED) is 0.349. The highest BCUT2D eigenvalue weighted by Crippen LogP contribution is 2.25. The van der Waals surface area contributed by atoms with Crippen molar-refractivity contribution in [1.29, 1.82) is 0 Å². The van der Waals surface area contributed by atoms with Gasteiger partial charge in [-0.25, -0.2) is 4.39 Å². The van der Waals surface area contributed by atoms with Gasteiger partial charge in [0.2, 0.25) is 0 Å². The normalized spacial score (nSPS) is 12.1. The van der Waals surface area contributed by atoms with E-state index in [0.717, 1.165) is 19.3 Å². The number of benzene rings is 1. The van der Waals surface area contributed by atoms with E-state index < -0.39 is 11.1 Å². The van der Waals surface area contributed by atoms with Crippen LogP contribution in [0.15, 0.2) is 30.8 Å². The van der Waals surface area contributed by atoms with Crippen molar-refractivity contribution < 1.29 is 9.31 Å². The molecule has 3 nitrogen and oxygen atoms in total. The number of allylic oxidation sites excluding steroid dienone is 1. The van der Waals surface area contributed by atoms with Crippen molar-refractivity contribution in [3.8, 4) is 0 Å². The summed E-state index contributed by atoms with van der Waals surface area (Å²) < 4.78 is 14.0. The molecule has 0 bridgehead atoms. The van der Waals surface area contributed by atoms with Crippen LogP contribution in [-0.4, -0.2) is 11.1 Å². The summed E-state index contributed by atoms with van der Waals surface area (Å²) in [5.41, 5.74) is 1.06. The van der Waals surface area contributed by atoms with Crippen molar-refractivity contribution in [2.75, 3.05) is 0 Å². The molecule has 0 aliphatic heterocycles. The van der Waals surface area contributed by atoms with Crippen LogP contribution in [0.25, 0.3) is 5.57 Å². The van der Waals surface area contributed by atoms with Crippen LogP contribution in [0.2, 0.25) is 0 Å². The molecule has 0 heterocycles. The predicted octanol–water partition coefficient (Wildman–Crippen LogP) is 5.31. The van der Waals surface area contributed by atoms with Gasteiger partial charge in [-0.05, 0) is 29.7 Å². The molecule has 1 rings (SSSR count). The fourth-order valence-corrected chi connectivity index (χ4v) is 2.08. The Kier molecular flexibility index (Phi) is 6.91. The molecule has 4 heteroatoms. The highest BCUT2D eigenvalue weighted by atomic mass is 19.1. The molecular weight excluding hydrogens is 257 g/mol. The van der Waals surface area contributed by atoms with Crippen molar-refractivity contribution in [2.45, 2.75) is 51.6 Å². The topological polar surface area (TPSA) is 43.1 Å². The van der Waals surface area contributed by atoms with Crippen molar-refractivity contribution in [3.05, 3.63) is 46.5 Å². The number of unbranched alkanes of at least 4 members (excludes halogenated alkanes) is 4. The summed E-state index contributed by atoms with van der Waals surface area (Å²) in [5.74, 6) is 0. The Balaban J connectivity index is 2.45. The van der Waals surface area contributed by atoms with Crippen LogP contribution in [0.3, 0.4) is 0 Å². The molecule has 1 unspecified atom stereocenters. The fourth-order valence-electron chi connectivity index (χ4n) is 2.08. The summed E-state index contributed by atoms with van der Waals surface area (Å²) in [7, 11) is 0. The van der Waals surface area contributed by atoms with Gasteiger partial charge in [-0.2, -0.15) is 0 Å². The van der Waals surface area contributed by atoms with Crippen LogP contribution in [0.5, 0.6) is 0 Å². The molecule has 0 saturated heterocycles. The lowest BCUT2D eigenvalue weighted by molar-refractivity contribution is -0.384. The minimum atomic E-state index is -1.07. The van der Waals surface area contributed by atoms with Gasteiger partial charge >= 0.3 is 0 Å². The largest absolute Gasteiger partial charge is 0.269 e. The molecule has 110 valence electrons. The van der Waals surface area contributed by atoms with Crippen molar-refractivity contribution in [3.63, 3.8) is 0 Å². The van der Waals surface area contributed by atoms with Gasteiger partial charge in [0, 0.05) is 12.1 Å². The summed E-state index contributed by atoms with van der Waals surface area (Å²) >= 11 is 0. The number of nitro benzene ring substituents is 1. The van der Waals surface area contributed by atoms with Crippen molar-refractivity contribution >= 4 is 11.3 Å². The fraction of sp³-hybridized carbons (Fsp3) is 0.500. The number of nitro groups is 1. The van der Waals surface area contributed by atoms with E-state index in [4.69, 9.17) is 0 Å². The maximum atomic E-state index is 14.0. The first-order valence-corrected chi connectivity index (χ1v) is 7.14. The van der Waals surface area contributed by atoms with Crippen molar-refractivity contribution in [1.82, 2.24) is 0 Å². The Morgan fingerprint density at radius 1 is 1.25 bits per heavy atom. The molecule has 0 aromatic heterocycles. The summed E-state index contributed by atoms with van der Waals surface area (Å²) in [6.45, 7) is 5.92. The first-order chi connectivity index (χ1) is 9.56. The van der Waals surface area contributed by atoms with Crippen LogP contribution in [-0.2, 0) is 0 Å². The summed E-state index contributed by atoms with van der Waals surface area (Å²) in [4.78, 5) is 10.1. The smallest absolute Gasteiger partial charge is 0.258 e. The Labute approximate surface area is 119 Å². The number of nitrogens with zero attached hydrogens (tertiary/aromatic N) is 1. The molecule has 0 saturated carbocycles. The third-order valence-electron chi connectivity index (χ3n) is 3.39. The lowest BCUT2D eigenvalue weighted by atomic mass is 9.98. The van der Waals surface area contributed by atoms with Gasteiger partial charge in [-0.1, -0.05) is 45.6 Å². The molecule has 1 aromatic carbocycles. The van der Waals surface area contributed by atoms with E-state index >= 15 is 0 Å². The number of rotatable bonds is 9. The van der Waals surface area contributed by atoms with Crippen LogP contribution in [0, 0.1) is 10.1 Å². The molecule has 0 amide bonds. The Hall–Kier alpha value is -1.71. The lowest BCUT2D eigenvalue weighted by Gasteiger charge is -2.11. The van der Waals surface area contributed by atoms with E-state index in [-0.39, 0.29) is 5.69 Å². The number of hydrogen-bond donors (Lipinski definition) is 0. The second-order valence-electron chi connectivity index (χ2n) is 5.00. The molecule has 1 aromatic rings. The summed E-state index contributed by atoms with van der Waals surface area (Å²) in [5, 5.41) is 10.6. The average molecular weight is 279 g/mol. The van der Waals surface area contributed by atoms with Gasteiger partial charge in [-0.15, -0.1) is 0 Å². The van der Waals surface area contributed by atoms with Gasteiger partial charge in [0.15, 0.2) is 0 Å². The van der Waals surface area contributed by atoms with Crippen LogP contribution >= 0.6 is 0 Å². The Bertz CT molecular complexity index is 442. The summed E-state index contributed by atoms with van der Waals surface area (Å²) in [6, 6.07) is 5.89. The summed E-state index contributed by atoms with van der Waals surface area (Å²) in [6.07, 6.45) is 4.81. The van der Waals surface area contributed by atoms with E-state index in [1.807, 2.05) is 0 Å². The van der Waals surface area contributed by atoms with E-state index in [2.05, 4.69) is 13.5 Å². The van der Waals surface area contributed by atoms with Crippen LogP contribution < -0.4 is 0 Å². The van der Waals surface area contributed by atoms with Crippen molar-refractivity contribution in [2.24, 2.45) is 0 Å². The molecule has 20 heavy (non-hydrogen) atoms.